The highest BCUT2D eigenvalue weighted by atomic mass is 19.4. The number of hydrogen-bond donors (Lipinski definition) is 0. The predicted molar refractivity (Wildman–Crippen MR) is 36.3 cm³/mol. The summed E-state index contributed by atoms with van der Waals surface area (Å²) in [5, 5.41) is 0. The Morgan fingerprint density at radius 2 is 1.92 bits per heavy atom. The van der Waals surface area contributed by atoms with Gasteiger partial charge in [0.25, 0.3) is 0 Å². The molecule has 0 radical (unpaired) electrons. The number of alkyl halides is 3. The fraction of sp³-hybridized carbons (Fsp3) is 0.750. The first-order valence-electron chi connectivity index (χ1n) is 3.97. The van der Waals surface area contributed by atoms with Crippen LogP contribution in [-0.4, -0.2) is 12.5 Å². The number of ether oxygens (including phenoxy) is 1. The smallest absolute Gasteiger partial charge is 0.288 e. The Morgan fingerprint density at radius 1 is 1.17 bits per heavy atom. The van der Waals surface area contributed by atoms with Crippen molar-refractivity contribution in [2.75, 3.05) is 0 Å². The van der Waals surface area contributed by atoms with Crippen molar-refractivity contribution in [1.29, 1.82) is 0 Å². The summed E-state index contributed by atoms with van der Waals surface area (Å²) in [6.45, 7) is 0. The van der Waals surface area contributed by atoms with E-state index in [1.54, 1.807) is 0 Å². The lowest BCUT2D eigenvalue weighted by Crippen LogP contribution is -2.26. The Morgan fingerprint density at radius 3 is 2.33 bits per heavy atom. The van der Waals surface area contributed by atoms with Crippen LogP contribution >= 0.6 is 0 Å². The molecule has 2 rings (SSSR count). The van der Waals surface area contributed by atoms with Gasteiger partial charge in [-0.3, -0.25) is 4.74 Å². The van der Waals surface area contributed by atoms with Crippen LogP contribution in [-0.2, 0) is 4.74 Å². The van der Waals surface area contributed by atoms with Crippen molar-refractivity contribution in [3.8, 4) is 0 Å². The van der Waals surface area contributed by atoms with Crippen molar-refractivity contribution in [3.05, 3.63) is 12.2 Å². The second kappa shape index (κ2) is 2.49. The number of rotatable bonds is 1. The van der Waals surface area contributed by atoms with E-state index >= 15 is 0 Å². The third kappa shape index (κ3) is 1.48. The first-order valence-corrected chi connectivity index (χ1v) is 3.97. The molecule has 0 N–H and O–H groups in total. The van der Waals surface area contributed by atoms with E-state index in [2.05, 4.69) is 4.74 Å². The van der Waals surface area contributed by atoms with Gasteiger partial charge in [-0.1, -0.05) is 12.2 Å². The highest BCUT2D eigenvalue weighted by Crippen LogP contribution is 2.42. The summed E-state index contributed by atoms with van der Waals surface area (Å²) in [5.74, 6) is 0.318. The van der Waals surface area contributed by atoms with E-state index in [4.69, 9.17) is 0 Å². The highest BCUT2D eigenvalue weighted by Gasteiger charge is 2.43. The van der Waals surface area contributed by atoms with Crippen molar-refractivity contribution in [3.63, 3.8) is 0 Å². The zero-order valence-corrected chi connectivity index (χ0v) is 6.34. The Kier molecular flexibility index (Phi) is 1.68. The monoisotopic (exact) mass is 178 g/mol. The van der Waals surface area contributed by atoms with Crippen LogP contribution < -0.4 is 0 Å². The molecular weight excluding hydrogens is 169 g/mol. The second-order valence-electron chi connectivity index (χ2n) is 3.38. The molecule has 0 aromatic rings. The van der Waals surface area contributed by atoms with Crippen molar-refractivity contribution in [1.82, 2.24) is 0 Å². The first kappa shape index (κ1) is 8.10. The molecule has 3 unspecified atom stereocenters. The lowest BCUT2D eigenvalue weighted by Gasteiger charge is -2.19. The molecule has 2 aliphatic carbocycles. The van der Waals surface area contributed by atoms with Gasteiger partial charge in [-0.2, -0.15) is 0 Å². The van der Waals surface area contributed by atoms with Crippen LogP contribution in [0, 0.1) is 11.8 Å². The Labute approximate surface area is 68.2 Å². The van der Waals surface area contributed by atoms with E-state index in [0.29, 0.717) is 12.3 Å². The molecule has 2 aliphatic rings. The maximum Gasteiger partial charge on any atom is 0.522 e. The summed E-state index contributed by atoms with van der Waals surface area (Å²) in [6.07, 6.45) is 0.0931. The summed E-state index contributed by atoms with van der Waals surface area (Å²) >= 11 is 0. The van der Waals surface area contributed by atoms with Crippen LogP contribution in [0.2, 0.25) is 0 Å². The van der Waals surface area contributed by atoms with Gasteiger partial charge in [0.05, 0.1) is 6.10 Å². The maximum atomic E-state index is 11.8. The third-order valence-electron chi connectivity index (χ3n) is 2.50. The van der Waals surface area contributed by atoms with Crippen LogP contribution in [0.1, 0.15) is 12.8 Å². The van der Waals surface area contributed by atoms with E-state index in [9.17, 15) is 13.2 Å². The van der Waals surface area contributed by atoms with Gasteiger partial charge < -0.3 is 0 Å². The predicted octanol–water partition coefficient (Wildman–Crippen LogP) is 2.49. The molecular formula is C8H9F3O. The topological polar surface area (TPSA) is 9.23 Å². The second-order valence-corrected chi connectivity index (χ2v) is 3.38. The molecule has 0 aromatic carbocycles. The molecule has 0 heterocycles. The molecule has 2 bridgehead atoms. The van der Waals surface area contributed by atoms with E-state index in [-0.39, 0.29) is 5.92 Å². The van der Waals surface area contributed by atoms with Crippen molar-refractivity contribution < 1.29 is 17.9 Å². The number of fused-ring (bicyclic) bond motifs is 2. The minimum absolute atomic E-state index is 0.00313. The van der Waals surface area contributed by atoms with Crippen LogP contribution in [0.25, 0.3) is 0 Å². The fourth-order valence-corrected chi connectivity index (χ4v) is 2.04. The number of hydrogen-bond acceptors (Lipinski definition) is 1. The van der Waals surface area contributed by atoms with Crippen LogP contribution in [0.3, 0.4) is 0 Å². The fourth-order valence-electron chi connectivity index (χ4n) is 2.04. The van der Waals surface area contributed by atoms with Gasteiger partial charge in [-0.25, -0.2) is 0 Å². The van der Waals surface area contributed by atoms with Gasteiger partial charge in [-0.05, 0) is 18.8 Å². The van der Waals surface area contributed by atoms with E-state index in [1.807, 2.05) is 12.2 Å². The molecule has 4 heteroatoms. The lowest BCUT2D eigenvalue weighted by atomic mass is 10.1. The molecule has 0 aromatic heterocycles. The van der Waals surface area contributed by atoms with Crippen LogP contribution in [0.4, 0.5) is 13.2 Å². The van der Waals surface area contributed by atoms with Crippen LogP contribution in [0.5, 0.6) is 0 Å². The molecule has 1 fully saturated rings. The summed E-state index contributed by atoms with van der Waals surface area (Å²) in [5.41, 5.74) is 0. The quantitative estimate of drug-likeness (QED) is 0.560. The van der Waals surface area contributed by atoms with Gasteiger partial charge in [0.2, 0.25) is 0 Å². The Hall–Kier alpha value is -0.510. The minimum atomic E-state index is -4.47. The molecule has 1 nitrogen and oxygen atoms in total. The molecule has 68 valence electrons. The zero-order chi connectivity index (χ0) is 8.77. The van der Waals surface area contributed by atoms with E-state index in [1.165, 1.54) is 0 Å². The highest BCUT2D eigenvalue weighted by molar-refractivity contribution is 5.11. The van der Waals surface area contributed by atoms with Gasteiger partial charge in [0.1, 0.15) is 0 Å². The Balaban J connectivity index is 1.96. The average Bonchev–Trinajstić information content (AvgIpc) is 2.42. The standard InChI is InChI=1S/C8H9F3O/c9-8(10,11)12-7-4-5-1-2-6(7)3-5/h1-2,5-7H,3-4H2. The number of halogens is 3. The summed E-state index contributed by atoms with van der Waals surface area (Å²) in [7, 11) is 0. The third-order valence-corrected chi connectivity index (χ3v) is 2.50. The van der Waals surface area contributed by atoms with Crippen molar-refractivity contribution in [2.24, 2.45) is 11.8 Å². The average molecular weight is 178 g/mol. The largest absolute Gasteiger partial charge is 0.522 e. The summed E-state index contributed by atoms with van der Waals surface area (Å²) in [4.78, 5) is 0. The van der Waals surface area contributed by atoms with E-state index < -0.39 is 12.5 Å². The molecule has 12 heavy (non-hydrogen) atoms. The van der Waals surface area contributed by atoms with Crippen molar-refractivity contribution >= 4 is 0 Å². The molecule has 0 aliphatic heterocycles. The first-order chi connectivity index (χ1) is 5.54. The zero-order valence-electron chi connectivity index (χ0n) is 6.34. The molecule has 0 spiro atoms. The van der Waals surface area contributed by atoms with Gasteiger partial charge in [-0.15, -0.1) is 13.2 Å². The summed E-state index contributed by atoms with van der Waals surface area (Å²) < 4.78 is 39.3. The normalized spacial score (nSPS) is 39.4. The molecule has 0 saturated heterocycles. The Bertz CT molecular complexity index is 209. The van der Waals surface area contributed by atoms with Crippen LogP contribution in [0.15, 0.2) is 12.2 Å². The lowest BCUT2D eigenvalue weighted by molar-refractivity contribution is -0.345. The number of allylic oxidation sites excluding steroid dienone is 1. The van der Waals surface area contributed by atoms with Gasteiger partial charge in [0, 0.05) is 5.92 Å². The van der Waals surface area contributed by atoms with Crippen molar-refractivity contribution in [2.45, 2.75) is 25.3 Å². The molecule has 3 atom stereocenters. The van der Waals surface area contributed by atoms with E-state index in [0.717, 1.165) is 6.42 Å². The molecule has 0 amide bonds. The minimum Gasteiger partial charge on any atom is -0.288 e. The maximum absolute atomic E-state index is 11.8. The SMILES string of the molecule is FC(F)(F)OC1CC2C=CC1C2. The molecule has 1 saturated carbocycles. The van der Waals surface area contributed by atoms with Gasteiger partial charge in [0.15, 0.2) is 0 Å². The van der Waals surface area contributed by atoms with Gasteiger partial charge >= 0.3 is 6.36 Å². The summed E-state index contributed by atoms with van der Waals surface area (Å²) in [6, 6.07) is 0.